The quantitative estimate of drug-likeness (QED) is 0.0831. The summed E-state index contributed by atoms with van der Waals surface area (Å²) in [4.78, 5) is 0. The second-order valence-electron chi connectivity index (χ2n) is 34.9. The molecule has 2 N–H and O–H groups in total. The summed E-state index contributed by atoms with van der Waals surface area (Å²) < 4.78 is 192. The van der Waals surface area contributed by atoms with Crippen molar-refractivity contribution in [3.63, 3.8) is 0 Å². The van der Waals surface area contributed by atoms with E-state index >= 15 is 0 Å². The first kappa shape index (κ1) is 92.8. The van der Waals surface area contributed by atoms with Gasteiger partial charge in [0.15, 0.2) is 71.0 Å². The molecule has 22 aliphatic heterocycles. The molecule has 22 rings (SSSR count). The summed E-state index contributed by atoms with van der Waals surface area (Å²) in [6.07, 6.45) is -33.0. The Hall–Kier alpha value is -0.332. The molecule has 0 aromatic heterocycles. The van der Waals surface area contributed by atoms with Crippen LogP contribution in [0, 0.1) is 0 Å². The summed E-state index contributed by atoms with van der Waals surface area (Å²) in [7, 11) is 7.99. The first-order chi connectivity index (χ1) is 49.5. The fraction of sp³-hybridized carbons (Fsp3) is 1.00. The third kappa shape index (κ3) is 20.4. The Morgan fingerprint density at radius 3 is 0.472 bits per heavy atom. The van der Waals surface area contributed by atoms with Crippen LogP contribution in [0.1, 0.15) is 83.1 Å². The van der Waals surface area contributed by atoms with Gasteiger partial charge in [-0.05, 0) is 72.5 Å². The maximum absolute atomic E-state index is 11.7. The molecule has 0 aliphatic carbocycles. The molecule has 22 saturated heterocycles. The zero-order valence-electron chi connectivity index (χ0n) is 69.9. The SMILES string of the molecule is CO[C@@H]1[C@@H](OC)[C@H]2O[C@H]3[C@H](OC)[C@@H](OC)[C@@H](O[C@H]4[C@H](OC)[C@@H](OC)[C@@H](O[C@H]5[C@H](OC)[C@@H](OC)[C@@H](O[C@H]6[C@H](OC)[C@@H](OC)[C@@H](O[C@H]7[C@H](OC)[C@@H](OC)[C@@H](O[C@@H]1[C@@H](CO)O2)O[C@@H]7CO[Si](C)(C)C(C)(C)C)O[C@@H]6CO[Si](C)(C)C(C)(C)C)O[C@@H]5CO)O[C@@H]4CO[Si](C)(C)C(C)(C)C)O[C@@H]3CO[Si](C)(C)C(C)(C)C. The van der Waals surface area contributed by atoms with E-state index in [4.69, 9.17) is 131 Å². The van der Waals surface area contributed by atoms with Gasteiger partial charge in [-0.1, -0.05) is 83.1 Å². The standard InChI is InChI=1S/C72H140O30Si4/c1-69(2,3)103(25,26)87-35-41-47-53(77-15)61(85-23)67(95-41)101-49-43(37-89-105(29,30)71(7,8)9)93-65(59(83-21)55(49)79-17)98-46-40(34-74)92-64(58(82-20)52(46)76-14)100-48-42(36-88-104(27,28)70(4,5)6)96-68(62(86-24)54(48)78-16)102-50-44(38-90-106(31,32)72(10,11)12)94-66(60(84-22)56(50)80-18)97-45-39(33-73)91-63(99-47)57(81-19)51(45)75-13/h39-68,73-74H,33-38H2,1-32H3/t39-,40-,41-,42-,43-,44-,45-,46-,47-,48-,49-,50-,51+,52+,53+,54+,55+,56+,57-,58-,59-,60-,61-,62-,63-,64-,65-,66-,67-,68-/m1/s1. The van der Waals surface area contributed by atoms with Gasteiger partial charge < -0.3 is 142 Å². The average molecular weight is 1600 g/mol. The number of hydrogen-bond donors (Lipinski definition) is 2. The predicted molar refractivity (Wildman–Crippen MR) is 398 cm³/mol. The van der Waals surface area contributed by atoms with Crippen molar-refractivity contribution in [1.29, 1.82) is 0 Å². The number of methoxy groups -OCH3 is 12. The summed E-state index contributed by atoms with van der Waals surface area (Å²) in [5.41, 5.74) is 0. The fourth-order valence-electron chi connectivity index (χ4n) is 13.8. The van der Waals surface area contributed by atoms with Crippen LogP contribution in [0.2, 0.25) is 72.5 Å². The van der Waals surface area contributed by atoms with Gasteiger partial charge in [0.05, 0.1) is 39.6 Å². The number of aliphatic hydroxyl groups is 2. The van der Waals surface area contributed by atoms with Crippen LogP contribution in [0.4, 0.5) is 0 Å². The van der Waals surface area contributed by atoms with Gasteiger partial charge in [-0.2, -0.15) is 0 Å². The highest BCUT2D eigenvalue weighted by Crippen LogP contribution is 2.46. The lowest BCUT2D eigenvalue weighted by atomic mass is 9.94. The van der Waals surface area contributed by atoms with E-state index < -0.39 is 231 Å². The molecule has 0 radical (unpaired) electrons. The molecule has 0 aromatic rings. The van der Waals surface area contributed by atoms with E-state index in [2.05, 4.69) is 135 Å². The molecule has 0 unspecified atom stereocenters. The molecule has 0 saturated carbocycles. The van der Waals surface area contributed by atoms with Crippen molar-refractivity contribution in [2.45, 2.75) is 340 Å². The van der Waals surface area contributed by atoms with Crippen molar-refractivity contribution in [3.05, 3.63) is 0 Å². The van der Waals surface area contributed by atoms with E-state index in [9.17, 15) is 10.2 Å². The van der Waals surface area contributed by atoms with Gasteiger partial charge in [0.25, 0.3) is 0 Å². The third-order valence-electron chi connectivity index (χ3n) is 24.6. The van der Waals surface area contributed by atoms with Crippen LogP contribution in [0.5, 0.6) is 0 Å². The second-order valence-corrected chi connectivity index (χ2v) is 54.2. The van der Waals surface area contributed by atoms with Gasteiger partial charge in [-0.15, -0.1) is 0 Å². The lowest BCUT2D eigenvalue weighted by Gasteiger charge is -2.53. The van der Waals surface area contributed by atoms with E-state index in [0.717, 1.165) is 0 Å². The smallest absolute Gasteiger partial charge is 0.192 e. The molecule has 22 fully saturated rings. The van der Waals surface area contributed by atoms with Gasteiger partial charge >= 0.3 is 0 Å². The minimum atomic E-state index is -2.57. The number of hydrogen-bond acceptors (Lipinski definition) is 30. The molecule has 22 heterocycles. The minimum absolute atomic E-state index is 0.0135. The summed E-state index contributed by atoms with van der Waals surface area (Å²) in [5.74, 6) is 0. The Kier molecular flexibility index (Phi) is 33.4. The molecule has 0 aromatic carbocycles. The zero-order chi connectivity index (χ0) is 79.4. The highest BCUT2D eigenvalue weighted by Gasteiger charge is 2.62. The molecular formula is C72H140O30Si4. The Balaban J connectivity index is 1.45. The van der Waals surface area contributed by atoms with Crippen molar-refractivity contribution in [2.75, 3.05) is 125 Å². The first-order valence-electron chi connectivity index (χ1n) is 37.4. The lowest BCUT2D eigenvalue weighted by molar-refractivity contribution is -0.409. The zero-order valence-corrected chi connectivity index (χ0v) is 73.9. The summed E-state index contributed by atoms with van der Waals surface area (Å²) >= 11 is 0. The maximum Gasteiger partial charge on any atom is 0.192 e. The molecular weight excluding hydrogens is 1460 g/mol. The largest absolute Gasteiger partial charge is 0.414 e. The molecule has 22 aliphatic rings. The average Bonchev–Trinajstić information content (AvgIpc) is 0.759. The Morgan fingerprint density at radius 1 is 0.217 bits per heavy atom. The monoisotopic (exact) mass is 1600 g/mol. The van der Waals surface area contributed by atoms with Crippen molar-refractivity contribution >= 4 is 33.3 Å². The number of aliphatic hydroxyl groups excluding tert-OH is 2. The molecule has 0 amide bonds. The molecule has 0 spiro atoms. The summed E-state index contributed by atoms with van der Waals surface area (Å²) in [6.45, 7) is 41.7. The van der Waals surface area contributed by atoms with Crippen LogP contribution >= 0.6 is 0 Å². The molecule has 624 valence electrons. The van der Waals surface area contributed by atoms with Crippen LogP contribution in [0.25, 0.3) is 0 Å². The van der Waals surface area contributed by atoms with Crippen LogP contribution in [-0.2, 0) is 131 Å². The van der Waals surface area contributed by atoms with Gasteiger partial charge in [-0.3, -0.25) is 0 Å². The third-order valence-corrected chi connectivity index (χ3v) is 42.6. The van der Waals surface area contributed by atoms with Crippen LogP contribution < -0.4 is 0 Å². The van der Waals surface area contributed by atoms with Gasteiger partial charge in [-0.25, -0.2) is 0 Å². The molecule has 30 atom stereocenters. The van der Waals surface area contributed by atoms with Gasteiger partial charge in [0.1, 0.15) is 146 Å². The molecule has 34 heteroatoms. The second kappa shape index (κ2) is 38.2. The van der Waals surface area contributed by atoms with Gasteiger partial charge in [0.2, 0.25) is 0 Å². The van der Waals surface area contributed by atoms with Crippen molar-refractivity contribution < 1.29 is 142 Å². The van der Waals surface area contributed by atoms with E-state index in [1.54, 1.807) is 28.4 Å². The highest BCUT2D eigenvalue weighted by atomic mass is 28.4. The lowest BCUT2D eigenvalue weighted by Crippen LogP contribution is -2.70. The van der Waals surface area contributed by atoms with E-state index in [-0.39, 0.29) is 46.6 Å². The Labute approximate surface area is 636 Å². The fourth-order valence-corrected chi connectivity index (χ4v) is 17.9. The van der Waals surface area contributed by atoms with Crippen LogP contribution in [0.15, 0.2) is 0 Å². The van der Waals surface area contributed by atoms with E-state index in [0.29, 0.717) is 0 Å². The maximum atomic E-state index is 11.7. The topological polar surface area (TPSA) is 299 Å². The Bertz CT molecular complexity index is 2380. The van der Waals surface area contributed by atoms with Gasteiger partial charge in [0, 0.05) is 85.3 Å². The van der Waals surface area contributed by atoms with Crippen molar-refractivity contribution in [1.82, 2.24) is 0 Å². The molecule has 30 nitrogen and oxygen atoms in total. The summed E-state index contributed by atoms with van der Waals surface area (Å²) in [5, 5.41) is 22.4. The van der Waals surface area contributed by atoms with Crippen molar-refractivity contribution in [2.24, 2.45) is 0 Å². The summed E-state index contributed by atoms with van der Waals surface area (Å²) in [6, 6.07) is 0. The van der Waals surface area contributed by atoms with Crippen LogP contribution in [-0.4, -0.2) is 353 Å². The predicted octanol–water partition coefficient (Wildman–Crippen LogP) is 6.91. The normalized spacial score (nSPS) is 40.4. The minimum Gasteiger partial charge on any atom is -0.414 e. The highest BCUT2D eigenvalue weighted by molar-refractivity contribution is 6.75. The first-order valence-corrected chi connectivity index (χ1v) is 49.1. The molecule has 106 heavy (non-hydrogen) atoms. The van der Waals surface area contributed by atoms with E-state index in [1.165, 1.54) is 56.9 Å². The van der Waals surface area contributed by atoms with E-state index in [1.807, 2.05) is 0 Å². The van der Waals surface area contributed by atoms with Crippen molar-refractivity contribution in [3.8, 4) is 0 Å². The Morgan fingerprint density at radius 2 is 0.349 bits per heavy atom. The number of rotatable bonds is 26. The molecule has 12 bridgehead atoms. The van der Waals surface area contributed by atoms with Crippen LogP contribution in [0.3, 0.4) is 0 Å². The number of ether oxygens (including phenoxy) is 24.